The van der Waals surface area contributed by atoms with E-state index in [9.17, 15) is 8.78 Å². The fraction of sp³-hybridized carbons (Fsp3) is 0.200. The average molecular weight is 104 g/mol. The topological polar surface area (TPSA) is 0 Å². The molecule has 0 radical (unpaired) electrons. The van der Waals surface area contributed by atoms with Crippen LogP contribution in [-0.2, 0) is 0 Å². The molecule has 0 spiro atoms. The predicted octanol–water partition coefficient (Wildman–Crippen LogP) is 2.34. The third-order valence-electron chi connectivity index (χ3n) is 0.428. The molecular formula is C5H6F2. The molecule has 0 fully saturated rings. The molecule has 7 heavy (non-hydrogen) atoms. The molecule has 0 amide bonds. The minimum absolute atomic E-state index is 0.0174. The first-order chi connectivity index (χ1) is 3.27. The Hall–Kier alpha value is -0.660. The van der Waals surface area contributed by atoms with Crippen molar-refractivity contribution in [1.29, 1.82) is 0 Å². The normalized spacial score (nSPS) is 10.0. The summed E-state index contributed by atoms with van der Waals surface area (Å²) in [5, 5.41) is 0. The minimum atomic E-state index is -0.520. The third-order valence-corrected chi connectivity index (χ3v) is 0.428. The second kappa shape index (κ2) is 3.53. The van der Waals surface area contributed by atoms with Gasteiger partial charge in [-0.1, -0.05) is 6.58 Å². The van der Waals surface area contributed by atoms with Crippen LogP contribution in [0.5, 0.6) is 0 Å². The summed E-state index contributed by atoms with van der Waals surface area (Å²) in [7, 11) is 0. The van der Waals surface area contributed by atoms with Gasteiger partial charge in [0.05, 0.1) is 12.2 Å². The van der Waals surface area contributed by atoms with Crippen LogP contribution in [0.25, 0.3) is 0 Å². The molecule has 0 aliphatic rings. The van der Waals surface area contributed by atoms with E-state index in [1.54, 1.807) is 0 Å². The van der Waals surface area contributed by atoms with Crippen LogP contribution in [0.15, 0.2) is 24.8 Å². The highest BCUT2D eigenvalue weighted by atomic mass is 19.1. The molecule has 0 aromatic rings. The quantitative estimate of drug-likeness (QED) is 0.504. The van der Waals surface area contributed by atoms with Crippen LogP contribution in [0.1, 0.15) is 6.42 Å². The molecule has 2 heteroatoms. The maximum absolute atomic E-state index is 11.5. The fourth-order valence-corrected chi connectivity index (χ4v) is 0.172. The smallest absolute Gasteiger partial charge is 0.0966 e. The van der Waals surface area contributed by atoms with Gasteiger partial charge >= 0.3 is 0 Å². The highest BCUT2D eigenvalue weighted by molar-refractivity contribution is 4.90. The van der Waals surface area contributed by atoms with E-state index in [1.807, 2.05) is 0 Å². The van der Waals surface area contributed by atoms with Gasteiger partial charge in [-0.05, 0) is 6.08 Å². The summed E-state index contributed by atoms with van der Waals surface area (Å²) in [6.07, 6.45) is 1.34. The van der Waals surface area contributed by atoms with Crippen molar-refractivity contribution in [3.8, 4) is 0 Å². The van der Waals surface area contributed by atoms with Crippen molar-refractivity contribution in [2.45, 2.75) is 6.42 Å². The number of halogens is 2. The number of allylic oxidation sites excluding steroid dienone is 2. The zero-order valence-corrected chi connectivity index (χ0v) is 3.82. The van der Waals surface area contributed by atoms with Crippen LogP contribution in [0.2, 0.25) is 0 Å². The Bertz CT molecular complexity index is 84.1. The Morgan fingerprint density at radius 1 is 1.71 bits per heavy atom. The van der Waals surface area contributed by atoms with Crippen LogP contribution >= 0.6 is 0 Å². The van der Waals surface area contributed by atoms with Crippen LogP contribution in [0, 0.1) is 0 Å². The molecular weight excluding hydrogens is 98.1 g/mol. The van der Waals surface area contributed by atoms with E-state index in [0.717, 1.165) is 6.08 Å². The van der Waals surface area contributed by atoms with Gasteiger partial charge in [0.2, 0.25) is 0 Å². The number of rotatable bonds is 2. The van der Waals surface area contributed by atoms with E-state index in [2.05, 4.69) is 6.58 Å². The predicted molar refractivity (Wildman–Crippen MR) is 25.1 cm³/mol. The Morgan fingerprint density at radius 2 is 2.29 bits per heavy atom. The second-order valence-corrected chi connectivity index (χ2v) is 1.08. The van der Waals surface area contributed by atoms with E-state index < -0.39 is 5.83 Å². The van der Waals surface area contributed by atoms with Gasteiger partial charge in [0.25, 0.3) is 0 Å². The lowest BCUT2D eigenvalue weighted by Crippen LogP contribution is -1.60. The second-order valence-electron chi connectivity index (χ2n) is 1.08. The van der Waals surface area contributed by atoms with Gasteiger partial charge in [0.15, 0.2) is 0 Å². The minimum Gasteiger partial charge on any atom is -0.216 e. The lowest BCUT2D eigenvalue weighted by atomic mass is 10.4. The Kier molecular flexibility index (Phi) is 3.19. The van der Waals surface area contributed by atoms with Crippen molar-refractivity contribution < 1.29 is 8.78 Å². The first kappa shape index (κ1) is 6.34. The van der Waals surface area contributed by atoms with E-state index >= 15 is 0 Å². The molecule has 0 unspecified atom stereocenters. The SMILES string of the molecule is C=C(F)CC=CF. The van der Waals surface area contributed by atoms with Crippen LogP contribution in [-0.4, -0.2) is 0 Å². The maximum Gasteiger partial charge on any atom is 0.0966 e. The summed E-state index contributed by atoms with van der Waals surface area (Å²) in [6.45, 7) is 2.91. The lowest BCUT2D eigenvalue weighted by molar-refractivity contribution is 0.617. The molecule has 0 saturated heterocycles. The van der Waals surface area contributed by atoms with Gasteiger partial charge in [-0.3, -0.25) is 0 Å². The van der Waals surface area contributed by atoms with Crippen molar-refractivity contribution in [3.63, 3.8) is 0 Å². The molecule has 40 valence electrons. The average Bonchev–Trinajstić information content (AvgIpc) is 1.61. The molecule has 0 rings (SSSR count). The number of hydrogen-bond donors (Lipinski definition) is 0. The standard InChI is InChI=1S/C5H6F2/c1-5(7)3-2-4-6/h2,4H,1,3H2. The van der Waals surface area contributed by atoms with E-state index in [1.165, 1.54) is 0 Å². The molecule has 0 saturated carbocycles. The molecule has 0 atom stereocenters. The summed E-state index contributed by atoms with van der Waals surface area (Å²) in [5.41, 5.74) is 0. The van der Waals surface area contributed by atoms with E-state index in [0.29, 0.717) is 6.33 Å². The van der Waals surface area contributed by atoms with Crippen LogP contribution < -0.4 is 0 Å². The molecule has 0 nitrogen and oxygen atoms in total. The van der Waals surface area contributed by atoms with Gasteiger partial charge < -0.3 is 0 Å². The van der Waals surface area contributed by atoms with Gasteiger partial charge in [-0.25, -0.2) is 8.78 Å². The Labute approximate surface area is 41.2 Å². The first-order valence-electron chi connectivity index (χ1n) is 1.86. The monoisotopic (exact) mass is 104 g/mol. The van der Waals surface area contributed by atoms with E-state index in [-0.39, 0.29) is 6.42 Å². The zero-order chi connectivity index (χ0) is 5.70. The van der Waals surface area contributed by atoms with Crippen molar-refractivity contribution in [2.24, 2.45) is 0 Å². The summed E-state index contributed by atoms with van der Waals surface area (Å²) >= 11 is 0. The first-order valence-corrected chi connectivity index (χ1v) is 1.86. The Balaban J connectivity index is 3.14. The summed E-state index contributed by atoms with van der Waals surface area (Å²) in [4.78, 5) is 0. The van der Waals surface area contributed by atoms with Crippen molar-refractivity contribution in [2.75, 3.05) is 0 Å². The van der Waals surface area contributed by atoms with Crippen LogP contribution in [0.4, 0.5) is 8.78 Å². The summed E-state index contributed by atoms with van der Waals surface area (Å²) in [5.74, 6) is -0.520. The highest BCUT2D eigenvalue weighted by Crippen LogP contribution is 1.98. The highest BCUT2D eigenvalue weighted by Gasteiger charge is 1.80. The summed E-state index contributed by atoms with van der Waals surface area (Å²) < 4.78 is 22.4. The Morgan fingerprint density at radius 3 is 2.43 bits per heavy atom. The van der Waals surface area contributed by atoms with Gasteiger partial charge in [0, 0.05) is 6.42 Å². The van der Waals surface area contributed by atoms with Gasteiger partial charge in [0.1, 0.15) is 0 Å². The largest absolute Gasteiger partial charge is 0.216 e. The molecule has 0 aliphatic carbocycles. The number of hydrogen-bond acceptors (Lipinski definition) is 0. The molecule has 0 heterocycles. The molecule has 0 aromatic heterocycles. The summed E-state index contributed by atoms with van der Waals surface area (Å²) in [6, 6.07) is 0. The molecule has 0 aromatic carbocycles. The van der Waals surface area contributed by atoms with Crippen LogP contribution in [0.3, 0.4) is 0 Å². The molecule has 0 N–H and O–H groups in total. The lowest BCUT2D eigenvalue weighted by Gasteiger charge is -1.78. The van der Waals surface area contributed by atoms with Gasteiger partial charge in [-0.15, -0.1) is 0 Å². The van der Waals surface area contributed by atoms with Crippen molar-refractivity contribution >= 4 is 0 Å². The zero-order valence-electron chi connectivity index (χ0n) is 3.82. The van der Waals surface area contributed by atoms with Crippen molar-refractivity contribution in [3.05, 3.63) is 24.8 Å². The fourth-order valence-electron chi connectivity index (χ4n) is 0.172. The maximum atomic E-state index is 11.5. The van der Waals surface area contributed by atoms with E-state index in [4.69, 9.17) is 0 Å². The van der Waals surface area contributed by atoms with Crippen molar-refractivity contribution in [1.82, 2.24) is 0 Å². The molecule has 0 aliphatic heterocycles. The third kappa shape index (κ3) is 5.34. The molecule has 0 bridgehead atoms. The van der Waals surface area contributed by atoms with Gasteiger partial charge in [-0.2, -0.15) is 0 Å².